The summed E-state index contributed by atoms with van der Waals surface area (Å²) in [5.74, 6) is 0.261. The first-order valence-electron chi connectivity index (χ1n) is 8.39. The first-order valence-corrected chi connectivity index (χ1v) is 9.17. The summed E-state index contributed by atoms with van der Waals surface area (Å²) < 4.78 is 1.73. The fourth-order valence-corrected chi connectivity index (χ4v) is 3.32. The smallest absolute Gasteiger partial charge is 0.280 e. The molecule has 4 rings (SSSR count). The first kappa shape index (κ1) is 18.5. The number of aromatic nitrogens is 4. The van der Waals surface area contributed by atoms with Crippen LogP contribution in [-0.2, 0) is 4.79 Å². The van der Waals surface area contributed by atoms with Gasteiger partial charge in [-0.1, -0.05) is 11.6 Å². The first-order chi connectivity index (χ1) is 13.5. The molecule has 1 aliphatic heterocycles. The number of H-pyrrole nitrogens is 1. The topological polar surface area (TPSA) is 82.4 Å². The Morgan fingerprint density at radius 1 is 1.25 bits per heavy atom. The van der Waals surface area contributed by atoms with Crippen molar-refractivity contribution in [2.45, 2.75) is 0 Å². The van der Waals surface area contributed by atoms with Crippen LogP contribution in [0.25, 0.3) is 11.4 Å². The van der Waals surface area contributed by atoms with E-state index in [0.29, 0.717) is 23.1 Å². The van der Waals surface area contributed by atoms with E-state index < -0.39 is 0 Å². The maximum Gasteiger partial charge on any atom is 0.280 e. The van der Waals surface area contributed by atoms with E-state index in [-0.39, 0.29) is 16.4 Å². The van der Waals surface area contributed by atoms with Gasteiger partial charge in [-0.25, -0.2) is 5.10 Å². The van der Waals surface area contributed by atoms with Gasteiger partial charge in [-0.05, 0) is 56.6 Å². The van der Waals surface area contributed by atoms with Gasteiger partial charge in [0.2, 0.25) is 4.77 Å². The molecule has 1 aromatic carbocycles. The molecule has 0 fully saturated rings. The van der Waals surface area contributed by atoms with Crippen molar-refractivity contribution in [3.63, 3.8) is 0 Å². The van der Waals surface area contributed by atoms with Gasteiger partial charge in [0.25, 0.3) is 5.91 Å². The Morgan fingerprint density at radius 2 is 2.00 bits per heavy atom. The lowest BCUT2D eigenvalue weighted by Gasteiger charge is -2.21. The second-order valence-electron chi connectivity index (χ2n) is 6.46. The summed E-state index contributed by atoms with van der Waals surface area (Å²) in [5.41, 5.74) is 2.44. The van der Waals surface area contributed by atoms with Crippen LogP contribution in [0.15, 0.2) is 47.8 Å². The molecule has 2 aromatic heterocycles. The molecule has 10 heteroatoms. The standard InChI is InChI=1S/C18H16ClN7OS/c1-24(2)10-25-14-4-3-12(19)9-13(14)15(17(25)27)23-26-16(21-22-18(26)28)11-5-7-20-8-6-11/h3-9H,10H2,1-2H3,(H,22,28)/b23-15+. The van der Waals surface area contributed by atoms with Crippen LogP contribution in [-0.4, -0.2) is 57.1 Å². The van der Waals surface area contributed by atoms with Gasteiger partial charge >= 0.3 is 0 Å². The summed E-state index contributed by atoms with van der Waals surface area (Å²) >= 11 is 11.5. The van der Waals surface area contributed by atoms with Crippen molar-refractivity contribution in [2.75, 3.05) is 25.7 Å². The lowest BCUT2D eigenvalue weighted by atomic mass is 10.1. The van der Waals surface area contributed by atoms with E-state index in [4.69, 9.17) is 23.8 Å². The highest BCUT2D eigenvalue weighted by molar-refractivity contribution is 7.71. The van der Waals surface area contributed by atoms with Crippen molar-refractivity contribution >= 4 is 41.1 Å². The van der Waals surface area contributed by atoms with Crippen molar-refractivity contribution in [1.29, 1.82) is 0 Å². The SMILES string of the molecule is CN(C)CN1C(=O)/C(=N/n2c(-c3ccncc3)n[nH]c2=S)c2cc(Cl)ccc21. The number of nitrogens with one attached hydrogen (secondary N) is 1. The van der Waals surface area contributed by atoms with Gasteiger partial charge in [0.05, 0.1) is 12.4 Å². The van der Waals surface area contributed by atoms with E-state index in [1.54, 1.807) is 41.6 Å². The second kappa shape index (κ2) is 7.27. The van der Waals surface area contributed by atoms with Crippen LogP contribution in [0.5, 0.6) is 0 Å². The predicted molar refractivity (Wildman–Crippen MR) is 110 cm³/mol. The number of aromatic amines is 1. The van der Waals surface area contributed by atoms with Crippen molar-refractivity contribution in [3.05, 3.63) is 58.1 Å². The predicted octanol–water partition coefficient (Wildman–Crippen LogP) is 2.77. The number of rotatable bonds is 4. The Kier molecular flexibility index (Phi) is 4.80. The van der Waals surface area contributed by atoms with Crippen molar-refractivity contribution in [2.24, 2.45) is 5.10 Å². The molecule has 0 aliphatic carbocycles. The molecule has 0 unspecified atom stereocenters. The molecule has 1 aliphatic rings. The summed E-state index contributed by atoms with van der Waals surface area (Å²) in [6.45, 7) is 0.417. The van der Waals surface area contributed by atoms with Gasteiger partial charge in [-0.15, -0.1) is 0 Å². The summed E-state index contributed by atoms with van der Waals surface area (Å²) in [5, 5.41) is 12.1. The number of carbonyl (C=O) groups is 1. The molecular formula is C18H16ClN7OS. The van der Waals surface area contributed by atoms with Crippen molar-refractivity contribution in [3.8, 4) is 11.4 Å². The third-order valence-electron chi connectivity index (χ3n) is 4.17. The van der Waals surface area contributed by atoms with E-state index in [9.17, 15) is 4.79 Å². The molecule has 0 spiro atoms. The normalized spacial score (nSPS) is 14.9. The average Bonchev–Trinajstić information content (AvgIpc) is 3.15. The maximum atomic E-state index is 13.1. The van der Waals surface area contributed by atoms with E-state index in [2.05, 4.69) is 20.3 Å². The largest absolute Gasteiger partial charge is 0.293 e. The van der Waals surface area contributed by atoms with E-state index in [1.165, 1.54) is 4.68 Å². The Balaban J connectivity index is 1.88. The number of hydrogen-bond donors (Lipinski definition) is 1. The van der Waals surface area contributed by atoms with Crippen LogP contribution in [0.2, 0.25) is 5.02 Å². The summed E-state index contributed by atoms with van der Waals surface area (Å²) in [7, 11) is 3.79. The van der Waals surface area contributed by atoms with Crippen LogP contribution in [0.3, 0.4) is 0 Å². The minimum absolute atomic E-state index is 0.227. The third-order valence-corrected chi connectivity index (χ3v) is 4.66. The van der Waals surface area contributed by atoms with Gasteiger partial charge in [0.15, 0.2) is 11.5 Å². The van der Waals surface area contributed by atoms with Crippen molar-refractivity contribution in [1.82, 2.24) is 24.8 Å². The fourth-order valence-electron chi connectivity index (χ4n) is 2.98. The van der Waals surface area contributed by atoms with Gasteiger partial charge in [-0.3, -0.25) is 19.6 Å². The van der Waals surface area contributed by atoms with Gasteiger partial charge in [0.1, 0.15) is 0 Å². The zero-order valence-corrected chi connectivity index (χ0v) is 16.7. The Labute approximate surface area is 171 Å². The Hall–Kier alpha value is -2.88. The number of amides is 1. The maximum absolute atomic E-state index is 13.1. The monoisotopic (exact) mass is 413 g/mol. The number of anilines is 1. The molecule has 0 saturated heterocycles. The minimum atomic E-state index is -0.227. The number of benzene rings is 1. The van der Waals surface area contributed by atoms with Crippen LogP contribution in [0.1, 0.15) is 5.56 Å². The molecule has 3 heterocycles. The molecule has 8 nitrogen and oxygen atoms in total. The highest BCUT2D eigenvalue weighted by Crippen LogP contribution is 2.32. The Morgan fingerprint density at radius 3 is 2.71 bits per heavy atom. The molecular weight excluding hydrogens is 398 g/mol. The highest BCUT2D eigenvalue weighted by Gasteiger charge is 2.35. The highest BCUT2D eigenvalue weighted by atomic mass is 35.5. The zero-order chi connectivity index (χ0) is 19.8. The molecule has 0 bridgehead atoms. The van der Waals surface area contributed by atoms with Gasteiger partial charge in [0, 0.05) is 28.5 Å². The summed E-state index contributed by atoms with van der Waals surface area (Å²) in [6.07, 6.45) is 3.30. The van der Waals surface area contributed by atoms with Crippen LogP contribution in [0.4, 0.5) is 5.69 Å². The van der Waals surface area contributed by atoms with Crippen LogP contribution in [0, 0.1) is 4.77 Å². The molecule has 142 valence electrons. The van der Waals surface area contributed by atoms with E-state index >= 15 is 0 Å². The molecule has 3 aromatic rings. The summed E-state index contributed by atoms with van der Waals surface area (Å²) in [6, 6.07) is 8.90. The van der Waals surface area contributed by atoms with Crippen LogP contribution >= 0.6 is 23.8 Å². The quantitative estimate of drug-likeness (QED) is 0.665. The Bertz CT molecular complexity index is 1140. The summed E-state index contributed by atoms with van der Waals surface area (Å²) in [4.78, 5) is 20.7. The lowest BCUT2D eigenvalue weighted by molar-refractivity contribution is -0.112. The lowest BCUT2D eigenvalue weighted by Crippen LogP contribution is -2.37. The van der Waals surface area contributed by atoms with Gasteiger partial charge < -0.3 is 0 Å². The number of hydrogen-bond acceptors (Lipinski definition) is 6. The van der Waals surface area contributed by atoms with Crippen LogP contribution < -0.4 is 4.90 Å². The molecule has 0 saturated carbocycles. The molecule has 28 heavy (non-hydrogen) atoms. The molecule has 1 amide bonds. The minimum Gasteiger partial charge on any atom is -0.293 e. The fraction of sp³-hybridized carbons (Fsp3) is 0.167. The number of halogens is 1. The van der Waals surface area contributed by atoms with Gasteiger partial charge in [-0.2, -0.15) is 14.9 Å². The average molecular weight is 414 g/mol. The van der Waals surface area contributed by atoms with E-state index in [0.717, 1.165) is 11.3 Å². The molecule has 0 radical (unpaired) electrons. The zero-order valence-electron chi connectivity index (χ0n) is 15.1. The number of carbonyl (C=O) groups excluding carboxylic acids is 1. The number of fused-ring (bicyclic) bond motifs is 1. The van der Waals surface area contributed by atoms with E-state index in [1.807, 2.05) is 25.1 Å². The number of nitrogens with zero attached hydrogens (tertiary/aromatic N) is 6. The van der Waals surface area contributed by atoms with Crippen molar-refractivity contribution < 1.29 is 4.79 Å². The molecule has 0 atom stereocenters. The second-order valence-corrected chi connectivity index (χ2v) is 7.29. The third kappa shape index (κ3) is 3.24. The number of pyridine rings is 1. The molecule has 1 N–H and O–H groups in total.